The number of anilines is 1. The van der Waals surface area contributed by atoms with E-state index in [0.29, 0.717) is 11.1 Å². The third kappa shape index (κ3) is 3.69. The third-order valence-electron chi connectivity index (χ3n) is 2.03. The molecule has 1 rings (SSSR count). The van der Waals surface area contributed by atoms with Gasteiger partial charge in [-0.15, -0.1) is 0 Å². The van der Waals surface area contributed by atoms with Crippen LogP contribution in [0.15, 0.2) is 24.3 Å². The van der Waals surface area contributed by atoms with Crippen LogP contribution in [0.5, 0.6) is 5.75 Å². The summed E-state index contributed by atoms with van der Waals surface area (Å²) < 4.78 is 5.59. The van der Waals surface area contributed by atoms with Crippen LogP contribution in [0.1, 0.15) is 27.2 Å². The number of hydrogen-bond acceptors (Lipinski definition) is 2. The zero-order valence-corrected chi connectivity index (χ0v) is 9.21. The normalized spacial score (nSPS) is 11.4. The maximum atomic E-state index is 5.75. The van der Waals surface area contributed by atoms with Crippen molar-refractivity contribution in [3.63, 3.8) is 0 Å². The Labute approximate surface area is 86.1 Å². The lowest BCUT2D eigenvalue weighted by molar-refractivity contribution is 0.244. The van der Waals surface area contributed by atoms with E-state index in [1.54, 1.807) is 0 Å². The molecule has 2 nitrogen and oxygen atoms in total. The Morgan fingerprint density at radius 2 is 1.86 bits per heavy atom. The maximum absolute atomic E-state index is 5.75. The van der Waals surface area contributed by atoms with Gasteiger partial charge in [0, 0.05) is 0 Å². The second-order valence-corrected chi connectivity index (χ2v) is 4.70. The quantitative estimate of drug-likeness (QED) is 0.749. The predicted octanol–water partition coefficient (Wildman–Crippen LogP) is 3.08. The van der Waals surface area contributed by atoms with Gasteiger partial charge >= 0.3 is 0 Å². The summed E-state index contributed by atoms with van der Waals surface area (Å²) in [6.45, 7) is 7.32. The number of hydrogen-bond donors (Lipinski definition) is 1. The molecule has 2 N–H and O–H groups in total. The SMILES string of the molecule is CC(C)(C)CCOc1ccccc1N. The van der Waals surface area contributed by atoms with Crippen molar-refractivity contribution < 1.29 is 4.74 Å². The fourth-order valence-corrected chi connectivity index (χ4v) is 1.08. The van der Waals surface area contributed by atoms with E-state index in [1.807, 2.05) is 24.3 Å². The van der Waals surface area contributed by atoms with Crippen molar-refractivity contribution in [3.05, 3.63) is 24.3 Å². The number of nitrogens with two attached hydrogens (primary N) is 1. The first-order chi connectivity index (χ1) is 6.49. The Balaban J connectivity index is 2.43. The first kappa shape index (κ1) is 10.9. The van der Waals surface area contributed by atoms with Gasteiger partial charge in [-0.05, 0) is 24.0 Å². The monoisotopic (exact) mass is 193 g/mol. The van der Waals surface area contributed by atoms with Crippen LogP contribution in [0.25, 0.3) is 0 Å². The summed E-state index contributed by atoms with van der Waals surface area (Å²) in [5.41, 5.74) is 6.76. The lowest BCUT2D eigenvalue weighted by Gasteiger charge is -2.18. The van der Waals surface area contributed by atoms with E-state index < -0.39 is 0 Å². The molecule has 0 amide bonds. The van der Waals surface area contributed by atoms with Gasteiger partial charge in [-0.25, -0.2) is 0 Å². The minimum absolute atomic E-state index is 0.309. The summed E-state index contributed by atoms with van der Waals surface area (Å²) in [4.78, 5) is 0. The number of nitrogen functional groups attached to an aromatic ring is 1. The zero-order valence-electron chi connectivity index (χ0n) is 9.21. The highest BCUT2D eigenvalue weighted by Gasteiger charge is 2.10. The van der Waals surface area contributed by atoms with Crippen LogP contribution in [-0.2, 0) is 0 Å². The van der Waals surface area contributed by atoms with Gasteiger partial charge in [-0.2, -0.15) is 0 Å². The van der Waals surface area contributed by atoms with Gasteiger partial charge in [0.05, 0.1) is 12.3 Å². The molecule has 1 aromatic rings. The Morgan fingerprint density at radius 1 is 1.21 bits per heavy atom. The summed E-state index contributed by atoms with van der Waals surface area (Å²) in [5, 5.41) is 0. The molecule has 0 fully saturated rings. The summed E-state index contributed by atoms with van der Waals surface area (Å²) in [7, 11) is 0. The van der Waals surface area contributed by atoms with Crippen LogP contribution >= 0.6 is 0 Å². The smallest absolute Gasteiger partial charge is 0.142 e. The van der Waals surface area contributed by atoms with Crippen molar-refractivity contribution in [1.29, 1.82) is 0 Å². The van der Waals surface area contributed by atoms with Crippen LogP contribution in [0.4, 0.5) is 5.69 Å². The number of rotatable bonds is 3. The van der Waals surface area contributed by atoms with Gasteiger partial charge in [-0.1, -0.05) is 32.9 Å². The summed E-state index contributed by atoms with van der Waals surface area (Å²) in [6, 6.07) is 7.60. The van der Waals surface area contributed by atoms with Gasteiger partial charge in [0.1, 0.15) is 5.75 Å². The molecule has 2 heteroatoms. The molecule has 0 saturated carbocycles. The van der Waals surface area contributed by atoms with Crippen molar-refractivity contribution in [1.82, 2.24) is 0 Å². The molecule has 0 aliphatic heterocycles. The van der Waals surface area contributed by atoms with Crippen molar-refractivity contribution in [2.75, 3.05) is 12.3 Å². The molecule has 78 valence electrons. The molecular formula is C12H19NO. The molecule has 1 aromatic carbocycles. The molecule has 0 heterocycles. The first-order valence-electron chi connectivity index (χ1n) is 4.96. The van der Waals surface area contributed by atoms with Crippen LogP contribution in [0, 0.1) is 5.41 Å². The van der Waals surface area contributed by atoms with Crippen LogP contribution in [-0.4, -0.2) is 6.61 Å². The molecule has 14 heavy (non-hydrogen) atoms. The van der Waals surface area contributed by atoms with Gasteiger partial charge in [0.15, 0.2) is 0 Å². The van der Waals surface area contributed by atoms with E-state index in [1.165, 1.54) is 0 Å². The fraction of sp³-hybridized carbons (Fsp3) is 0.500. The Bertz CT molecular complexity index is 289. The molecule has 0 unspecified atom stereocenters. The Kier molecular flexibility index (Phi) is 3.39. The second kappa shape index (κ2) is 4.36. The third-order valence-corrected chi connectivity index (χ3v) is 2.03. The zero-order chi connectivity index (χ0) is 10.6. The molecule has 0 atom stereocenters. The molecule has 0 spiro atoms. The van der Waals surface area contributed by atoms with Crippen LogP contribution in [0.2, 0.25) is 0 Å². The van der Waals surface area contributed by atoms with Gasteiger partial charge in [0.25, 0.3) is 0 Å². The number of benzene rings is 1. The lowest BCUT2D eigenvalue weighted by Crippen LogP contribution is -2.11. The maximum Gasteiger partial charge on any atom is 0.142 e. The average Bonchev–Trinajstić information content (AvgIpc) is 2.06. The van der Waals surface area contributed by atoms with Gasteiger partial charge in [0.2, 0.25) is 0 Å². The Morgan fingerprint density at radius 3 is 2.43 bits per heavy atom. The van der Waals surface area contributed by atoms with Crippen molar-refractivity contribution in [2.45, 2.75) is 27.2 Å². The summed E-state index contributed by atoms with van der Waals surface area (Å²) in [5.74, 6) is 0.789. The highest BCUT2D eigenvalue weighted by molar-refractivity contribution is 5.51. The Hall–Kier alpha value is -1.18. The largest absolute Gasteiger partial charge is 0.491 e. The predicted molar refractivity (Wildman–Crippen MR) is 60.4 cm³/mol. The average molecular weight is 193 g/mol. The number of para-hydroxylation sites is 2. The van der Waals surface area contributed by atoms with Gasteiger partial charge in [-0.3, -0.25) is 0 Å². The summed E-state index contributed by atoms with van der Waals surface area (Å²) >= 11 is 0. The molecule has 0 radical (unpaired) electrons. The molecule has 0 bridgehead atoms. The molecule has 0 aromatic heterocycles. The van der Waals surface area contributed by atoms with Gasteiger partial charge < -0.3 is 10.5 Å². The second-order valence-electron chi connectivity index (χ2n) is 4.70. The van der Waals surface area contributed by atoms with E-state index in [-0.39, 0.29) is 0 Å². The summed E-state index contributed by atoms with van der Waals surface area (Å²) in [6.07, 6.45) is 1.03. The van der Waals surface area contributed by atoms with Crippen molar-refractivity contribution >= 4 is 5.69 Å². The first-order valence-corrected chi connectivity index (χ1v) is 4.96. The van der Waals surface area contributed by atoms with Crippen molar-refractivity contribution in [2.24, 2.45) is 5.41 Å². The molecule has 0 saturated heterocycles. The minimum atomic E-state index is 0.309. The highest BCUT2D eigenvalue weighted by atomic mass is 16.5. The van der Waals surface area contributed by atoms with E-state index >= 15 is 0 Å². The van der Waals surface area contributed by atoms with Crippen LogP contribution < -0.4 is 10.5 Å². The standard InChI is InChI=1S/C12H19NO/c1-12(2,3)8-9-14-11-7-5-4-6-10(11)13/h4-7H,8-9,13H2,1-3H3. The highest BCUT2D eigenvalue weighted by Crippen LogP contribution is 2.22. The van der Waals surface area contributed by atoms with E-state index in [0.717, 1.165) is 18.8 Å². The molecular weight excluding hydrogens is 174 g/mol. The number of ether oxygens (including phenoxy) is 1. The fourth-order valence-electron chi connectivity index (χ4n) is 1.08. The lowest BCUT2D eigenvalue weighted by atomic mass is 9.93. The topological polar surface area (TPSA) is 35.2 Å². The molecule has 0 aliphatic rings. The van der Waals surface area contributed by atoms with E-state index in [4.69, 9.17) is 10.5 Å². The van der Waals surface area contributed by atoms with Crippen molar-refractivity contribution in [3.8, 4) is 5.75 Å². The minimum Gasteiger partial charge on any atom is -0.491 e. The van der Waals surface area contributed by atoms with Crippen LogP contribution in [0.3, 0.4) is 0 Å². The molecule has 0 aliphatic carbocycles. The van der Waals surface area contributed by atoms with E-state index in [2.05, 4.69) is 20.8 Å². The van der Waals surface area contributed by atoms with E-state index in [9.17, 15) is 0 Å².